The number of amides is 1. The molecule has 0 radical (unpaired) electrons. The second kappa shape index (κ2) is 5.13. The summed E-state index contributed by atoms with van der Waals surface area (Å²) in [6, 6.07) is 5.72. The topological polar surface area (TPSA) is 62.2 Å². The highest BCUT2D eigenvalue weighted by atomic mass is 16.4. The van der Waals surface area contributed by atoms with Crippen LogP contribution in [-0.4, -0.2) is 22.7 Å². The zero-order chi connectivity index (χ0) is 9.52. The third kappa shape index (κ3) is 4.10. The molecule has 2 N–H and O–H groups in total. The van der Waals surface area contributed by atoms with Crippen LogP contribution in [-0.2, 0) is 6.42 Å². The Bertz CT molecular complexity index is 262. The Hall–Kier alpha value is -1.58. The first kappa shape index (κ1) is 9.51. The average molecular weight is 180 g/mol. The van der Waals surface area contributed by atoms with Gasteiger partial charge in [0, 0.05) is 18.4 Å². The van der Waals surface area contributed by atoms with Crippen molar-refractivity contribution in [3.05, 3.63) is 30.1 Å². The highest BCUT2D eigenvalue weighted by Crippen LogP contribution is 1.96. The molecule has 0 saturated heterocycles. The third-order valence-electron chi connectivity index (χ3n) is 1.61. The smallest absolute Gasteiger partial charge is 0.404 e. The van der Waals surface area contributed by atoms with Crippen molar-refractivity contribution < 1.29 is 9.90 Å². The number of rotatable bonds is 4. The van der Waals surface area contributed by atoms with Crippen molar-refractivity contribution in [2.75, 3.05) is 6.54 Å². The fourth-order valence-electron chi connectivity index (χ4n) is 1.01. The molecule has 1 aromatic rings. The molecule has 0 aliphatic rings. The predicted molar refractivity (Wildman–Crippen MR) is 48.6 cm³/mol. The van der Waals surface area contributed by atoms with Crippen LogP contribution in [0.5, 0.6) is 0 Å². The number of nitrogens with one attached hydrogen (secondary N) is 1. The Morgan fingerprint density at radius 2 is 2.38 bits per heavy atom. The van der Waals surface area contributed by atoms with Crippen LogP contribution < -0.4 is 5.32 Å². The largest absolute Gasteiger partial charge is 0.465 e. The van der Waals surface area contributed by atoms with Gasteiger partial charge in [0.1, 0.15) is 0 Å². The van der Waals surface area contributed by atoms with Gasteiger partial charge in [-0.05, 0) is 25.0 Å². The lowest BCUT2D eigenvalue weighted by Crippen LogP contribution is -2.22. The number of carbonyl (C=O) groups is 1. The molecule has 1 aromatic heterocycles. The van der Waals surface area contributed by atoms with Crippen LogP contribution in [0.1, 0.15) is 12.1 Å². The average Bonchev–Trinajstić information content (AvgIpc) is 2.14. The van der Waals surface area contributed by atoms with Gasteiger partial charge in [0.25, 0.3) is 0 Å². The summed E-state index contributed by atoms with van der Waals surface area (Å²) in [5.41, 5.74) is 0.995. The quantitative estimate of drug-likeness (QED) is 0.686. The molecule has 0 spiro atoms. The molecule has 1 amide bonds. The van der Waals surface area contributed by atoms with Gasteiger partial charge in [0.05, 0.1) is 0 Å². The van der Waals surface area contributed by atoms with Crippen molar-refractivity contribution in [3.8, 4) is 0 Å². The summed E-state index contributed by atoms with van der Waals surface area (Å²) in [7, 11) is 0. The molecule has 70 valence electrons. The summed E-state index contributed by atoms with van der Waals surface area (Å²) in [6.45, 7) is 0.478. The van der Waals surface area contributed by atoms with Crippen molar-refractivity contribution in [1.29, 1.82) is 0 Å². The Labute approximate surface area is 76.6 Å². The van der Waals surface area contributed by atoms with Crippen molar-refractivity contribution in [2.24, 2.45) is 0 Å². The van der Waals surface area contributed by atoms with Gasteiger partial charge in [0.15, 0.2) is 0 Å². The van der Waals surface area contributed by atoms with Gasteiger partial charge in [-0.25, -0.2) is 4.79 Å². The lowest BCUT2D eigenvalue weighted by atomic mass is 10.2. The molecule has 0 aliphatic carbocycles. The minimum atomic E-state index is -0.971. The molecule has 4 heteroatoms. The van der Waals surface area contributed by atoms with Crippen LogP contribution in [0.15, 0.2) is 24.4 Å². The van der Waals surface area contributed by atoms with E-state index in [9.17, 15) is 4.79 Å². The fraction of sp³-hybridized carbons (Fsp3) is 0.333. The van der Waals surface area contributed by atoms with E-state index in [1.165, 1.54) is 0 Å². The molecule has 0 bridgehead atoms. The summed E-state index contributed by atoms with van der Waals surface area (Å²) >= 11 is 0. The van der Waals surface area contributed by atoms with E-state index >= 15 is 0 Å². The van der Waals surface area contributed by atoms with Crippen molar-refractivity contribution in [2.45, 2.75) is 12.8 Å². The predicted octanol–water partition coefficient (Wildman–Crippen LogP) is 1.28. The van der Waals surface area contributed by atoms with E-state index in [0.29, 0.717) is 6.54 Å². The standard InChI is InChI=1S/C9H12N2O2/c12-9(13)11-7-3-5-8-4-1-2-6-10-8/h1-2,4,6,11H,3,5,7H2,(H,12,13). The first-order valence-electron chi connectivity index (χ1n) is 4.16. The lowest BCUT2D eigenvalue weighted by Gasteiger charge is -2.00. The fourth-order valence-corrected chi connectivity index (χ4v) is 1.01. The number of aryl methyl sites for hydroxylation is 1. The van der Waals surface area contributed by atoms with E-state index in [-0.39, 0.29) is 0 Å². The molecule has 0 aromatic carbocycles. The molecular weight excluding hydrogens is 168 g/mol. The Kier molecular flexibility index (Phi) is 3.75. The minimum Gasteiger partial charge on any atom is -0.465 e. The van der Waals surface area contributed by atoms with E-state index in [2.05, 4.69) is 10.3 Å². The van der Waals surface area contributed by atoms with Gasteiger partial charge < -0.3 is 10.4 Å². The highest BCUT2D eigenvalue weighted by molar-refractivity contribution is 5.64. The Morgan fingerprint density at radius 1 is 1.54 bits per heavy atom. The monoisotopic (exact) mass is 180 g/mol. The molecule has 13 heavy (non-hydrogen) atoms. The van der Waals surface area contributed by atoms with Crippen LogP contribution in [0.25, 0.3) is 0 Å². The molecular formula is C9H12N2O2. The molecule has 0 unspecified atom stereocenters. The van der Waals surface area contributed by atoms with Crippen LogP contribution in [0.4, 0.5) is 4.79 Å². The molecule has 4 nitrogen and oxygen atoms in total. The van der Waals surface area contributed by atoms with Crippen LogP contribution in [0.3, 0.4) is 0 Å². The lowest BCUT2D eigenvalue weighted by molar-refractivity contribution is 0.194. The van der Waals surface area contributed by atoms with Crippen LogP contribution in [0, 0.1) is 0 Å². The first-order chi connectivity index (χ1) is 6.29. The van der Waals surface area contributed by atoms with Gasteiger partial charge >= 0.3 is 6.09 Å². The number of pyridine rings is 1. The third-order valence-corrected chi connectivity index (χ3v) is 1.61. The number of carboxylic acid groups (broad SMARTS) is 1. The molecule has 0 saturated carbocycles. The Morgan fingerprint density at radius 3 is 3.00 bits per heavy atom. The van der Waals surface area contributed by atoms with Crippen molar-refractivity contribution >= 4 is 6.09 Å². The zero-order valence-corrected chi connectivity index (χ0v) is 7.23. The van der Waals surface area contributed by atoms with E-state index in [4.69, 9.17) is 5.11 Å². The number of hydrogen-bond donors (Lipinski definition) is 2. The molecule has 0 atom stereocenters. The van der Waals surface area contributed by atoms with Gasteiger partial charge in [-0.1, -0.05) is 6.07 Å². The zero-order valence-electron chi connectivity index (χ0n) is 7.23. The second-order valence-electron chi connectivity index (χ2n) is 2.66. The minimum absolute atomic E-state index is 0.478. The van der Waals surface area contributed by atoms with Gasteiger partial charge in [-0.3, -0.25) is 4.98 Å². The highest BCUT2D eigenvalue weighted by Gasteiger charge is 1.95. The Balaban J connectivity index is 2.17. The molecule has 0 aliphatic heterocycles. The SMILES string of the molecule is O=C(O)NCCCc1ccccn1. The summed E-state index contributed by atoms with van der Waals surface area (Å²) < 4.78 is 0. The van der Waals surface area contributed by atoms with E-state index in [1.54, 1.807) is 6.20 Å². The van der Waals surface area contributed by atoms with Crippen molar-refractivity contribution in [1.82, 2.24) is 10.3 Å². The molecule has 1 rings (SSSR count). The molecule has 1 heterocycles. The van der Waals surface area contributed by atoms with E-state index < -0.39 is 6.09 Å². The van der Waals surface area contributed by atoms with Crippen molar-refractivity contribution in [3.63, 3.8) is 0 Å². The second-order valence-corrected chi connectivity index (χ2v) is 2.66. The molecule has 0 fully saturated rings. The van der Waals surface area contributed by atoms with Gasteiger partial charge in [0.2, 0.25) is 0 Å². The summed E-state index contributed by atoms with van der Waals surface area (Å²) in [4.78, 5) is 14.2. The maximum atomic E-state index is 10.1. The van der Waals surface area contributed by atoms with E-state index in [0.717, 1.165) is 18.5 Å². The van der Waals surface area contributed by atoms with Crippen LogP contribution >= 0.6 is 0 Å². The van der Waals surface area contributed by atoms with Crippen LogP contribution in [0.2, 0.25) is 0 Å². The van der Waals surface area contributed by atoms with Gasteiger partial charge in [-0.15, -0.1) is 0 Å². The number of aromatic nitrogens is 1. The normalized spacial score (nSPS) is 9.54. The maximum absolute atomic E-state index is 10.1. The first-order valence-corrected chi connectivity index (χ1v) is 4.16. The summed E-state index contributed by atoms with van der Waals surface area (Å²) in [6.07, 6.45) is 2.35. The number of hydrogen-bond acceptors (Lipinski definition) is 2. The number of nitrogens with zero attached hydrogens (tertiary/aromatic N) is 1. The summed E-state index contributed by atoms with van der Waals surface area (Å²) in [5.74, 6) is 0. The van der Waals surface area contributed by atoms with E-state index in [1.807, 2.05) is 18.2 Å². The summed E-state index contributed by atoms with van der Waals surface area (Å²) in [5, 5.41) is 10.6. The van der Waals surface area contributed by atoms with Gasteiger partial charge in [-0.2, -0.15) is 0 Å². The maximum Gasteiger partial charge on any atom is 0.404 e.